The van der Waals surface area contributed by atoms with Crippen LogP contribution in [0.5, 0.6) is 0 Å². The van der Waals surface area contributed by atoms with Crippen molar-refractivity contribution in [3.63, 3.8) is 0 Å². The van der Waals surface area contributed by atoms with Crippen molar-refractivity contribution < 1.29 is 9.59 Å². The highest BCUT2D eigenvalue weighted by Gasteiger charge is 2.32. The van der Waals surface area contributed by atoms with Gasteiger partial charge < -0.3 is 15.2 Å². The fraction of sp³-hybridized carbons (Fsp3) is 0.421. The number of hydrogen-bond donors (Lipinski definition) is 2. The van der Waals surface area contributed by atoms with Crippen LogP contribution in [-0.4, -0.2) is 34.9 Å². The van der Waals surface area contributed by atoms with Gasteiger partial charge in [-0.1, -0.05) is 18.2 Å². The van der Waals surface area contributed by atoms with Gasteiger partial charge in [0.1, 0.15) is 0 Å². The minimum absolute atomic E-state index is 0.00437. The van der Waals surface area contributed by atoms with Crippen LogP contribution >= 0.6 is 0 Å². The van der Waals surface area contributed by atoms with Crippen molar-refractivity contribution in [1.82, 2.24) is 15.3 Å². The number of aromatic amines is 1. The monoisotopic (exact) mass is 338 g/mol. The lowest BCUT2D eigenvalue weighted by molar-refractivity contribution is -0.125. The average molecular weight is 338 g/mol. The molecule has 6 heteroatoms. The van der Waals surface area contributed by atoms with Gasteiger partial charge in [-0.25, -0.2) is 4.98 Å². The SMILES string of the molecule is O=C(NC[C@@H]1CC(=O)N(c2ccccc2)C1)[C@H]1CCc2nc[nH]c2C1. The molecule has 1 fully saturated rings. The normalized spacial score (nSPS) is 22.7. The van der Waals surface area contributed by atoms with Gasteiger partial charge in [0, 0.05) is 49.1 Å². The molecular weight excluding hydrogens is 316 g/mol. The maximum absolute atomic E-state index is 12.5. The van der Waals surface area contributed by atoms with Gasteiger partial charge in [-0.3, -0.25) is 9.59 Å². The summed E-state index contributed by atoms with van der Waals surface area (Å²) in [5, 5.41) is 3.06. The van der Waals surface area contributed by atoms with Gasteiger partial charge in [0.25, 0.3) is 0 Å². The molecule has 0 unspecified atom stereocenters. The number of imidazole rings is 1. The van der Waals surface area contributed by atoms with Crippen molar-refractivity contribution in [2.24, 2.45) is 11.8 Å². The van der Waals surface area contributed by atoms with Crippen LogP contribution in [0.2, 0.25) is 0 Å². The number of carbonyl (C=O) groups excluding carboxylic acids is 2. The number of nitrogens with one attached hydrogen (secondary N) is 2. The van der Waals surface area contributed by atoms with Crippen LogP contribution in [-0.2, 0) is 22.4 Å². The Kier molecular flexibility index (Phi) is 4.26. The van der Waals surface area contributed by atoms with E-state index in [1.807, 2.05) is 35.2 Å². The lowest BCUT2D eigenvalue weighted by atomic mass is 9.89. The summed E-state index contributed by atoms with van der Waals surface area (Å²) in [4.78, 5) is 33.9. The Labute approximate surface area is 146 Å². The number of fused-ring (bicyclic) bond motifs is 1. The predicted molar refractivity (Wildman–Crippen MR) is 94.0 cm³/mol. The van der Waals surface area contributed by atoms with Gasteiger partial charge in [-0.2, -0.15) is 0 Å². The maximum Gasteiger partial charge on any atom is 0.227 e. The number of amides is 2. The topological polar surface area (TPSA) is 78.1 Å². The second-order valence-electron chi connectivity index (χ2n) is 6.92. The van der Waals surface area contributed by atoms with Crippen molar-refractivity contribution >= 4 is 17.5 Å². The number of hydrogen-bond acceptors (Lipinski definition) is 3. The second kappa shape index (κ2) is 6.70. The summed E-state index contributed by atoms with van der Waals surface area (Å²) in [6.45, 7) is 1.22. The maximum atomic E-state index is 12.5. The van der Waals surface area contributed by atoms with Crippen molar-refractivity contribution in [1.29, 1.82) is 0 Å². The first-order valence-electron chi connectivity index (χ1n) is 8.85. The zero-order chi connectivity index (χ0) is 17.2. The molecule has 1 aliphatic heterocycles. The van der Waals surface area contributed by atoms with Gasteiger partial charge in [-0.05, 0) is 25.0 Å². The van der Waals surface area contributed by atoms with E-state index in [1.54, 1.807) is 6.33 Å². The van der Waals surface area contributed by atoms with Crippen LogP contribution < -0.4 is 10.2 Å². The summed E-state index contributed by atoms with van der Waals surface area (Å²) >= 11 is 0. The molecule has 2 atom stereocenters. The van der Waals surface area contributed by atoms with Crippen molar-refractivity contribution in [2.45, 2.75) is 25.7 Å². The van der Waals surface area contributed by atoms with Crippen LogP contribution in [0.4, 0.5) is 5.69 Å². The molecule has 0 bridgehead atoms. The standard InChI is InChI=1S/C19H22N4O2/c24-18-8-13(11-23(18)15-4-2-1-3-5-15)10-20-19(25)14-6-7-16-17(9-14)22-12-21-16/h1-5,12-14H,6-11H2,(H,20,25)(H,21,22)/t13-,14-/m0/s1. The highest BCUT2D eigenvalue weighted by molar-refractivity contribution is 5.95. The van der Waals surface area contributed by atoms with E-state index in [9.17, 15) is 9.59 Å². The fourth-order valence-electron chi connectivity index (χ4n) is 3.79. The lowest BCUT2D eigenvalue weighted by Crippen LogP contribution is -2.37. The van der Waals surface area contributed by atoms with Gasteiger partial charge in [-0.15, -0.1) is 0 Å². The molecule has 2 amide bonds. The van der Waals surface area contributed by atoms with E-state index in [0.29, 0.717) is 19.5 Å². The van der Waals surface area contributed by atoms with E-state index in [0.717, 1.165) is 36.3 Å². The van der Waals surface area contributed by atoms with E-state index in [4.69, 9.17) is 0 Å². The summed E-state index contributed by atoms with van der Waals surface area (Å²) in [6, 6.07) is 9.71. The third kappa shape index (κ3) is 3.29. The molecule has 2 heterocycles. The summed E-state index contributed by atoms with van der Waals surface area (Å²) in [6.07, 6.45) is 4.60. The molecule has 6 nitrogen and oxygen atoms in total. The Morgan fingerprint density at radius 2 is 2.12 bits per heavy atom. The van der Waals surface area contributed by atoms with Crippen molar-refractivity contribution in [2.75, 3.05) is 18.0 Å². The van der Waals surface area contributed by atoms with Crippen molar-refractivity contribution in [3.05, 3.63) is 48.0 Å². The van der Waals surface area contributed by atoms with Crippen LogP contribution in [0.3, 0.4) is 0 Å². The predicted octanol–water partition coefficient (Wildman–Crippen LogP) is 1.68. The highest BCUT2D eigenvalue weighted by Crippen LogP contribution is 2.25. The zero-order valence-electron chi connectivity index (χ0n) is 14.1. The van der Waals surface area contributed by atoms with Crippen LogP contribution in [0.25, 0.3) is 0 Å². The van der Waals surface area contributed by atoms with Gasteiger partial charge >= 0.3 is 0 Å². The van der Waals surface area contributed by atoms with Crippen molar-refractivity contribution in [3.8, 4) is 0 Å². The Hall–Kier alpha value is -2.63. The third-order valence-electron chi connectivity index (χ3n) is 5.20. The number of rotatable bonds is 4. The molecule has 1 aliphatic carbocycles. The summed E-state index contributed by atoms with van der Waals surface area (Å²) in [7, 11) is 0. The molecule has 1 aromatic heterocycles. The van der Waals surface area contributed by atoms with E-state index < -0.39 is 0 Å². The van der Waals surface area contributed by atoms with E-state index in [2.05, 4.69) is 15.3 Å². The Bertz CT molecular complexity index is 771. The molecule has 2 aromatic rings. The first-order chi connectivity index (χ1) is 12.2. The highest BCUT2D eigenvalue weighted by atomic mass is 16.2. The number of aromatic nitrogens is 2. The van der Waals surface area contributed by atoms with Crippen LogP contribution in [0, 0.1) is 11.8 Å². The second-order valence-corrected chi connectivity index (χ2v) is 6.92. The van der Waals surface area contributed by atoms with Gasteiger partial charge in [0.05, 0.1) is 12.0 Å². The molecule has 2 aliphatic rings. The van der Waals surface area contributed by atoms with Crippen LogP contribution in [0.1, 0.15) is 24.2 Å². The quantitative estimate of drug-likeness (QED) is 0.890. The molecule has 0 spiro atoms. The molecule has 25 heavy (non-hydrogen) atoms. The lowest BCUT2D eigenvalue weighted by Gasteiger charge is -2.21. The number of anilines is 1. The molecular formula is C19H22N4O2. The van der Waals surface area contributed by atoms with Gasteiger partial charge in [0.15, 0.2) is 0 Å². The summed E-state index contributed by atoms with van der Waals surface area (Å²) in [5.74, 6) is 0.384. The molecule has 1 aromatic carbocycles. The Morgan fingerprint density at radius 3 is 2.96 bits per heavy atom. The zero-order valence-corrected chi connectivity index (χ0v) is 14.1. The smallest absolute Gasteiger partial charge is 0.227 e. The molecule has 0 saturated carbocycles. The summed E-state index contributed by atoms with van der Waals surface area (Å²) in [5.41, 5.74) is 3.10. The molecule has 4 rings (SSSR count). The molecule has 1 saturated heterocycles. The van der Waals surface area contributed by atoms with Gasteiger partial charge in [0.2, 0.25) is 11.8 Å². The largest absolute Gasteiger partial charge is 0.355 e. The number of benzene rings is 1. The number of carbonyl (C=O) groups is 2. The minimum Gasteiger partial charge on any atom is -0.355 e. The average Bonchev–Trinajstić information content (AvgIpc) is 3.26. The molecule has 130 valence electrons. The fourth-order valence-corrected chi connectivity index (χ4v) is 3.79. The first-order valence-corrected chi connectivity index (χ1v) is 8.85. The summed E-state index contributed by atoms with van der Waals surface area (Å²) < 4.78 is 0. The Balaban J connectivity index is 1.30. The van der Waals surface area contributed by atoms with E-state index >= 15 is 0 Å². The number of aryl methyl sites for hydroxylation is 1. The number of para-hydroxylation sites is 1. The molecule has 0 radical (unpaired) electrons. The van der Waals surface area contributed by atoms with E-state index in [1.165, 1.54) is 0 Å². The van der Waals surface area contributed by atoms with Crippen LogP contribution in [0.15, 0.2) is 36.7 Å². The first kappa shape index (κ1) is 15.9. The number of nitrogens with zero attached hydrogens (tertiary/aromatic N) is 2. The Morgan fingerprint density at radius 1 is 1.28 bits per heavy atom. The third-order valence-corrected chi connectivity index (χ3v) is 5.20. The molecule has 2 N–H and O–H groups in total. The number of H-pyrrole nitrogens is 1. The van der Waals surface area contributed by atoms with E-state index in [-0.39, 0.29) is 23.7 Å². The minimum atomic E-state index is -0.00437.